The van der Waals surface area contributed by atoms with E-state index in [9.17, 15) is 8.42 Å². The van der Waals surface area contributed by atoms with Crippen LogP contribution in [0.5, 0.6) is 0 Å². The maximum Gasteiger partial charge on any atom is 0.273 e. The lowest BCUT2D eigenvalue weighted by Gasteiger charge is -2.05. The molecule has 0 radical (unpaired) electrons. The fraction of sp³-hybridized carbons (Fsp3) is 0. The first-order valence-corrected chi connectivity index (χ1v) is 7.90. The van der Waals surface area contributed by atoms with Crippen LogP contribution in [0.1, 0.15) is 0 Å². The van der Waals surface area contributed by atoms with Gasteiger partial charge in [-0.1, -0.05) is 11.6 Å². The van der Waals surface area contributed by atoms with Gasteiger partial charge in [-0.05, 0) is 39.5 Å². The van der Waals surface area contributed by atoms with Gasteiger partial charge in [0, 0.05) is 10.7 Å². The highest BCUT2D eigenvalue weighted by molar-refractivity contribution is 9.10. The molecule has 0 aliphatic carbocycles. The van der Waals surface area contributed by atoms with E-state index in [1.165, 1.54) is 12.3 Å². The molecule has 0 spiro atoms. The maximum atomic E-state index is 12.0. The molecule has 2 heterocycles. The van der Waals surface area contributed by atoms with E-state index >= 15 is 0 Å². The SMILES string of the molecule is O=S(=O)(Nc1ccc(Cl)cn1)c1sccc1Br. The second-order valence-electron chi connectivity index (χ2n) is 3.02. The van der Waals surface area contributed by atoms with Crippen LogP contribution >= 0.6 is 38.9 Å². The van der Waals surface area contributed by atoms with Gasteiger partial charge in [-0.15, -0.1) is 11.3 Å². The number of anilines is 1. The van der Waals surface area contributed by atoms with Crippen molar-refractivity contribution in [1.29, 1.82) is 0 Å². The summed E-state index contributed by atoms with van der Waals surface area (Å²) in [6, 6.07) is 4.74. The quantitative estimate of drug-likeness (QED) is 0.920. The molecule has 0 atom stereocenters. The molecule has 0 saturated heterocycles. The number of sulfonamides is 1. The van der Waals surface area contributed by atoms with Crippen molar-refractivity contribution >= 4 is 54.7 Å². The van der Waals surface area contributed by atoms with E-state index in [2.05, 4.69) is 25.6 Å². The number of halogens is 2. The highest BCUT2D eigenvalue weighted by Gasteiger charge is 2.19. The molecule has 1 N–H and O–H groups in total. The molecule has 8 heteroatoms. The predicted octanol–water partition coefficient (Wildman–Crippen LogP) is 3.36. The highest BCUT2D eigenvalue weighted by Crippen LogP contribution is 2.28. The minimum absolute atomic E-state index is 0.217. The van der Waals surface area contributed by atoms with Crippen molar-refractivity contribution in [2.75, 3.05) is 4.72 Å². The zero-order chi connectivity index (χ0) is 12.5. The Bertz CT molecular complexity index is 625. The summed E-state index contributed by atoms with van der Waals surface area (Å²) in [5.74, 6) is 0.231. The lowest BCUT2D eigenvalue weighted by molar-refractivity contribution is 0.602. The van der Waals surface area contributed by atoms with Gasteiger partial charge in [-0.3, -0.25) is 4.72 Å². The summed E-state index contributed by atoms with van der Waals surface area (Å²) in [7, 11) is -3.60. The summed E-state index contributed by atoms with van der Waals surface area (Å²) >= 11 is 9.97. The Labute approximate surface area is 116 Å². The van der Waals surface area contributed by atoms with Crippen LogP contribution in [-0.2, 0) is 10.0 Å². The summed E-state index contributed by atoms with van der Waals surface area (Å²) in [6.45, 7) is 0. The molecule has 0 aliphatic heterocycles. The molecular weight excluding hydrogens is 348 g/mol. The predicted molar refractivity (Wildman–Crippen MR) is 72.1 cm³/mol. The van der Waals surface area contributed by atoms with E-state index in [1.807, 2.05) is 0 Å². The number of hydrogen-bond donors (Lipinski definition) is 1. The summed E-state index contributed by atoms with van der Waals surface area (Å²) in [5, 5.41) is 2.14. The fourth-order valence-electron chi connectivity index (χ4n) is 1.09. The number of hydrogen-bond acceptors (Lipinski definition) is 4. The molecule has 0 aliphatic rings. The van der Waals surface area contributed by atoms with E-state index in [-0.39, 0.29) is 10.0 Å². The van der Waals surface area contributed by atoms with Gasteiger partial charge in [0.2, 0.25) is 0 Å². The van der Waals surface area contributed by atoms with Crippen molar-refractivity contribution in [3.63, 3.8) is 0 Å². The zero-order valence-electron chi connectivity index (χ0n) is 8.22. The molecule has 0 amide bonds. The van der Waals surface area contributed by atoms with Crippen molar-refractivity contribution in [2.45, 2.75) is 4.21 Å². The Balaban J connectivity index is 2.30. The molecule has 4 nitrogen and oxygen atoms in total. The molecule has 17 heavy (non-hydrogen) atoms. The van der Waals surface area contributed by atoms with E-state index in [0.717, 1.165) is 11.3 Å². The Kier molecular flexibility index (Phi) is 3.72. The van der Waals surface area contributed by atoms with Gasteiger partial charge in [-0.25, -0.2) is 13.4 Å². The van der Waals surface area contributed by atoms with Crippen LogP contribution in [0.2, 0.25) is 5.02 Å². The fourth-order valence-corrected chi connectivity index (χ4v) is 4.55. The van der Waals surface area contributed by atoms with Gasteiger partial charge in [0.1, 0.15) is 5.82 Å². The standard InChI is InChI=1S/C9H6BrClN2O2S2/c10-7-3-4-16-9(7)17(14,15)13-8-2-1-6(11)5-12-8/h1-5H,(H,12,13). The highest BCUT2D eigenvalue weighted by atomic mass is 79.9. The average Bonchev–Trinajstić information content (AvgIpc) is 2.68. The summed E-state index contributed by atoms with van der Waals surface area (Å²) in [4.78, 5) is 3.87. The van der Waals surface area contributed by atoms with E-state index in [1.54, 1.807) is 17.5 Å². The monoisotopic (exact) mass is 352 g/mol. The van der Waals surface area contributed by atoms with Gasteiger partial charge in [0.15, 0.2) is 4.21 Å². The molecule has 2 aromatic heterocycles. The molecule has 0 saturated carbocycles. The Hall–Kier alpha value is -0.630. The number of pyridine rings is 1. The molecule has 2 aromatic rings. The molecular formula is C9H6BrClN2O2S2. The van der Waals surface area contributed by atoms with E-state index < -0.39 is 10.0 Å². The first-order valence-electron chi connectivity index (χ1n) is 4.36. The Morgan fingerprint density at radius 1 is 1.35 bits per heavy atom. The smallest absolute Gasteiger partial charge is 0.263 e. The molecule has 0 fully saturated rings. The number of aromatic nitrogens is 1. The van der Waals surface area contributed by atoms with Gasteiger partial charge in [0.25, 0.3) is 10.0 Å². The van der Waals surface area contributed by atoms with Gasteiger partial charge >= 0.3 is 0 Å². The van der Waals surface area contributed by atoms with E-state index in [4.69, 9.17) is 11.6 Å². The molecule has 0 unspecified atom stereocenters. The largest absolute Gasteiger partial charge is 0.273 e. The third-order valence-corrected chi connectivity index (χ3v) is 6.04. The van der Waals surface area contributed by atoms with Crippen LogP contribution < -0.4 is 4.72 Å². The minimum atomic E-state index is -3.60. The van der Waals surface area contributed by atoms with Crippen LogP contribution in [0.15, 0.2) is 38.5 Å². The minimum Gasteiger partial charge on any atom is -0.263 e. The Morgan fingerprint density at radius 3 is 2.65 bits per heavy atom. The maximum absolute atomic E-state index is 12.0. The normalized spacial score (nSPS) is 11.4. The third kappa shape index (κ3) is 2.98. The van der Waals surface area contributed by atoms with E-state index in [0.29, 0.717) is 9.50 Å². The van der Waals surface area contributed by atoms with Crippen LogP contribution in [0.25, 0.3) is 0 Å². The second kappa shape index (κ2) is 4.93. The Morgan fingerprint density at radius 2 is 2.12 bits per heavy atom. The van der Waals surface area contributed by atoms with Crippen molar-refractivity contribution < 1.29 is 8.42 Å². The lowest BCUT2D eigenvalue weighted by Crippen LogP contribution is -2.12. The van der Waals surface area contributed by atoms with Crippen molar-refractivity contribution in [3.8, 4) is 0 Å². The molecule has 2 rings (SSSR count). The lowest BCUT2D eigenvalue weighted by atomic mass is 10.5. The number of rotatable bonds is 3. The summed E-state index contributed by atoms with van der Waals surface area (Å²) in [6.07, 6.45) is 1.38. The molecule has 90 valence electrons. The van der Waals surface area contributed by atoms with Gasteiger partial charge in [-0.2, -0.15) is 0 Å². The molecule has 0 bridgehead atoms. The van der Waals surface area contributed by atoms with Crippen molar-refractivity contribution in [3.05, 3.63) is 39.3 Å². The molecule has 0 aromatic carbocycles. The van der Waals surface area contributed by atoms with Crippen molar-refractivity contribution in [2.24, 2.45) is 0 Å². The first kappa shape index (κ1) is 12.8. The zero-order valence-corrected chi connectivity index (χ0v) is 12.2. The third-order valence-electron chi connectivity index (χ3n) is 1.79. The summed E-state index contributed by atoms with van der Waals surface area (Å²) < 4.78 is 27.0. The first-order chi connectivity index (χ1) is 7.99. The number of nitrogens with one attached hydrogen (secondary N) is 1. The number of nitrogens with zero attached hydrogens (tertiary/aromatic N) is 1. The van der Waals surface area contributed by atoms with Crippen LogP contribution in [-0.4, -0.2) is 13.4 Å². The second-order valence-corrected chi connectivity index (χ2v) is 7.11. The van der Waals surface area contributed by atoms with Crippen LogP contribution in [0.3, 0.4) is 0 Å². The van der Waals surface area contributed by atoms with Gasteiger partial charge in [0.05, 0.1) is 5.02 Å². The number of thiophene rings is 1. The van der Waals surface area contributed by atoms with Crippen LogP contribution in [0, 0.1) is 0 Å². The topological polar surface area (TPSA) is 59.1 Å². The summed E-state index contributed by atoms with van der Waals surface area (Å²) in [5.41, 5.74) is 0. The average molecular weight is 354 g/mol. The van der Waals surface area contributed by atoms with Crippen LogP contribution in [0.4, 0.5) is 5.82 Å². The van der Waals surface area contributed by atoms with Gasteiger partial charge < -0.3 is 0 Å². The van der Waals surface area contributed by atoms with Crippen molar-refractivity contribution in [1.82, 2.24) is 4.98 Å².